The van der Waals surface area contributed by atoms with E-state index in [-0.39, 0.29) is 0 Å². The molecule has 1 N–H and O–H groups in total. The van der Waals surface area contributed by atoms with Crippen LogP contribution < -0.4 is 5.32 Å². The first-order valence-corrected chi connectivity index (χ1v) is 7.85. The molecule has 3 nitrogen and oxygen atoms in total. The average Bonchev–Trinajstić information content (AvgIpc) is 2.38. The summed E-state index contributed by atoms with van der Waals surface area (Å²) < 4.78 is 0. The molecule has 0 aromatic carbocycles. The molecule has 1 unspecified atom stereocenters. The topological polar surface area (TPSA) is 28.2 Å². The molecule has 1 atom stereocenters. The Morgan fingerprint density at radius 3 is 2.55 bits per heavy atom. The van der Waals surface area contributed by atoms with Gasteiger partial charge in [-0.05, 0) is 37.6 Å². The van der Waals surface area contributed by atoms with Gasteiger partial charge in [-0.2, -0.15) is 0 Å². The van der Waals surface area contributed by atoms with Gasteiger partial charge in [0.05, 0.1) is 11.4 Å². The summed E-state index contributed by atoms with van der Waals surface area (Å²) in [5.41, 5.74) is 2.31. The van der Waals surface area contributed by atoms with Crippen LogP contribution in [0.15, 0.2) is 18.2 Å². The fourth-order valence-corrected chi connectivity index (χ4v) is 2.21. The molecule has 0 aliphatic rings. The molecule has 0 aliphatic carbocycles. The Bertz CT molecular complexity index is 376. The third-order valence-corrected chi connectivity index (χ3v) is 3.48. The van der Waals surface area contributed by atoms with Crippen LogP contribution >= 0.6 is 0 Å². The van der Waals surface area contributed by atoms with Crippen LogP contribution in [0.25, 0.3) is 0 Å². The third kappa shape index (κ3) is 7.01. The molecule has 1 aromatic heterocycles. The van der Waals surface area contributed by atoms with Crippen molar-refractivity contribution in [3.8, 4) is 0 Å². The largest absolute Gasteiger partial charge is 0.311 e. The smallest absolute Gasteiger partial charge is 0.0547 e. The minimum atomic E-state index is 0.680. The summed E-state index contributed by atoms with van der Waals surface area (Å²) in [6.07, 6.45) is 1.23. The van der Waals surface area contributed by atoms with E-state index in [1.807, 2.05) is 0 Å². The Labute approximate surface area is 124 Å². The van der Waals surface area contributed by atoms with Gasteiger partial charge < -0.3 is 10.2 Å². The van der Waals surface area contributed by atoms with Crippen molar-refractivity contribution < 1.29 is 0 Å². The van der Waals surface area contributed by atoms with Crippen LogP contribution in [0.3, 0.4) is 0 Å². The highest BCUT2D eigenvalue weighted by Crippen LogP contribution is 2.07. The average molecular weight is 277 g/mol. The molecule has 0 fully saturated rings. The first kappa shape index (κ1) is 17.1. The van der Waals surface area contributed by atoms with Crippen LogP contribution in [0.5, 0.6) is 0 Å². The lowest BCUT2D eigenvalue weighted by molar-refractivity contribution is 0.272. The number of aromatic nitrogens is 1. The van der Waals surface area contributed by atoms with Crippen molar-refractivity contribution in [2.75, 3.05) is 20.1 Å². The van der Waals surface area contributed by atoms with Crippen molar-refractivity contribution in [1.29, 1.82) is 0 Å². The highest BCUT2D eigenvalue weighted by atomic mass is 15.1. The molecule has 0 saturated carbocycles. The number of hydrogen-bond acceptors (Lipinski definition) is 3. The second-order valence-corrected chi connectivity index (χ2v) is 6.36. The summed E-state index contributed by atoms with van der Waals surface area (Å²) in [5.74, 6) is 1.43. The van der Waals surface area contributed by atoms with Gasteiger partial charge in [-0.1, -0.05) is 40.2 Å². The summed E-state index contributed by atoms with van der Waals surface area (Å²) >= 11 is 0. The third-order valence-electron chi connectivity index (χ3n) is 3.48. The molecule has 1 heterocycles. The van der Waals surface area contributed by atoms with Crippen molar-refractivity contribution in [3.63, 3.8) is 0 Å². The fourth-order valence-electron chi connectivity index (χ4n) is 2.21. The lowest BCUT2D eigenvalue weighted by Gasteiger charge is -2.20. The normalized spacial score (nSPS) is 13.2. The molecular formula is C17H31N3. The van der Waals surface area contributed by atoms with Gasteiger partial charge >= 0.3 is 0 Å². The van der Waals surface area contributed by atoms with Crippen molar-refractivity contribution in [2.24, 2.45) is 11.8 Å². The number of rotatable bonds is 9. The second kappa shape index (κ2) is 9.09. The van der Waals surface area contributed by atoms with Crippen LogP contribution in [-0.2, 0) is 13.1 Å². The highest BCUT2D eigenvalue weighted by Gasteiger charge is 2.06. The zero-order chi connectivity index (χ0) is 15.0. The van der Waals surface area contributed by atoms with Crippen molar-refractivity contribution >= 4 is 0 Å². The maximum atomic E-state index is 4.74. The number of nitrogens with one attached hydrogen (secondary N) is 1. The van der Waals surface area contributed by atoms with E-state index < -0.39 is 0 Å². The summed E-state index contributed by atoms with van der Waals surface area (Å²) in [7, 11) is 2.18. The number of nitrogens with zero attached hydrogens (tertiary/aromatic N) is 2. The van der Waals surface area contributed by atoms with Gasteiger partial charge in [0.15, 0.2) is 0 Å². The van der Waals surface area contributed by atoms with E-state index in [0.29, 0.717) is 5.92 Å². The van der Waals surface area contributed by atoms with E-state index >= 15 is 0 Å². The molecule has 0 saturated heterocycles. The first-order chi connectivity index (χ1) is 9.51. The Kier molecular flexibility index (Phi) is 7.78. The van der Waals surface area contributed by atoms with Gasteiger partial charge in [0.2, 0.25) is 0 Å². The van der Waals surface area contributed by atoms with Crippen LogP contribution in [0.1, 0.15) is 45.5 Å². The van der Waals surface area contributed by atoms with Gasteiger partial charge in [-0.15, -0.1) is 0 Å². The fraction of sp³-hybridized carbons (Fsp3) is 0.706. The standard InChI is InChI=1S/C17H31N3/c1-6-15(4)12-20(5)13-17-9-7-8-16(19-17)11-18-10-14(2)3/h7-9,14-15,18H,6,10-13H2,1-5H3. The van der Waals surface area contributed by atoms with Crippen molar-refractivity contribution in [3.05, 3.63) is 29.6 Å². The molecule has 20 heavy (non-hydrogen) atoms. The molecule has 1 rings (SSSR count). The van der Waals surface area contributed by atoms with Crippen LogP contribution in [0, 0.1) is 11.8 Å². The van der Waals surface area contributed by atoms with E-state index in [1.54, 1.807) is 0 Å². The molecule has 0 spiro atoms. The van der Waals surface area contributed by atoms with E-state index in [9.17, 15) is 0 Å². The SMILES string of the molecule is CCC(C)CN(C)Cc1cccc(CNCC(C)C)n1. The minimum Gasteiger partial charge on any atom is -0.311 e. The monoisotopic (exact) mass is 277 g/mol. The predicted octanol–water partition coefficient (Wildman–Crippen LogP) is 3.31. The maximum Gasteiger partial charge on any atom is 0.0547 e. The highest BCUT2D eigenvalue weighted by molar-refractivity contribution is 5.11. The van der Waals surface area contributed by atoms with Gasteiger partial charge in [-0.25, -0.2) is 0 Å². The second-order valence-electron chi connectivity index (χ2n) is 6.36. The van der Waals surface area contributed by atoms with Gasteiger partial charge in [0, 0.05) is 19.6 Å². The minimum absolute atomic E-state index is 0.680. The van der Waals surface area contributed by atoms with Crippen molar-refractivity contribution in [2.45, 2.75) is 47.2 Å². The van der Waals surface area contributed by atoms with E-state index in [0.717, 1.165) is 37.8 Å². The number of pyridine rings is 1. The summed E-state index contributed by atoms with van der Waals surface area (Å²) in [6, 6.07) is 6.34. The van der Waals surface area contributed by atoms with E-state index in [2.05, 4.69) is 63.2 Å². The Morgan fingerprint density at radius 2 is 1.90 bits per heavy atom. The predicted molar refractivity (Wildman–Crippen MR) is 86.6 cm³/mol. The number of hydrogen-bond donors (Lipinski definition) is 1. The molecular weight excluding hydrogens is 246 g/mol. The molecule has 0 amide bonds. The summed E-state index contributed by atoms with van der Waals surface area (Å²) in [5, 5.41) is 3.45. The lowest BCUT2D eigenvalue weighted by atomic mass is 10.1. The summed E-state index contributed by atoms with van der Waals surface area (Å²) in [4.78, 5) is 7.10. The zero-order valence-electron chi connectivity index (χ0n) is 13.8. The zero-order valence-corrected chi connectivity index (χ0v) is 13.8. The molecule has 0 bridgehead atoms. The van der Waals surface area contributed by atoms with Gasteiger partial charge in [0.25, 0.3) is 0 Å². The molecule has 3 heteroatoms. The van der Waals surface area contributed by atoms with Crippen LogP contribution in [0.2, 0.25) is 0 Å². The van der Waals surface area contributed by atoms with Crippen LogP contribution in [-0.4, -0.2) is 30.0 Å². The Hall–Kier alpha value is -0.930. The lowest BCUT2D eigenvalue weighted by Crippen LogP contribution is -2.24. The first-order valence-electron chi connectivity index (χ1n) is 7.85. The summed E-state index contributed by atoms with van der Waals surface area (Å²) in [6.45, 7) is 13.0. The maximum absolute atomic E-state index is 4.74. The molecule has 114 valence electrons. The van der Waals surface area contributed by atoms with E-state index in [1.165, 1.54) is 12.1 Å². The molecule has 0 radical (unpaired) electrons. The van der Waals surface area contributed by atoms with Crippen molar-refractivity contribution in [1.82, 2.24) is 15.2 Å². The Balaban J connectivity index is 2.46. The quantitative estimate of drug-likeness (QED) is 0.750. The molecule has 0 aliphatic heterocycles. The van der Waals surface area contributed by atoms with E-state index in [4.69, 9.17) is 4.98 Å². The molecule has 1 aromatic rings. The van der Waals surface area contributed by atoms with Gasteiger partial charge in [-0.3, -0.25) is 4.98 Å². The van der Waals surface area contributed by atoms with Gasteiger partial charge in [0.1, 0.15) is 0 Å². The Morgan fingerprint density at radius 1 is 1.20 bits per heavy atom. The van der Waals surface area contributed by atoms with Crippen LogP contribution in [0.4, 0.5) is 0 Å².